The number of amides is 1. The molecule has 6 nitrogen and oxygen atoms in total. The average Bonchev–Trinajstić information content (AvgIpc) is 2.85. The number of nitrogens with one attached hydrogen (secondary N) is 2. The van der Waals surface area contributed by atoms with Crippen molar-refractivity contribution in [2.24, 2.45) is 0 Å². The van der Waals surface area contributed by atoms with Gasteiger partial charge in [0.2, 0.25) is 5.91 Å². The summed E-state index contributed by atoms with van der Waals surface area (Å²) >= 11 is 3.10. The number of carbonyl (C=O) groups is 1. The molecule has 1 saturated heterocycles. The van der Waals surface area contributed by atoms with Crippen LogP contribution in [0.25, 0.3) is 0 Å². The van der Waals surface area contributed by atoms with Crippen LogP contribution in [0.4, 0.5) is 11.4 Å². The molecule has 1 aliphatic heterocycles. The van der Waals surface area contributed by atoms with E-state index in [4.69, 9.17) is 0 Å². The monoisotopic (exact) mass is 313 g/mol. The lowest BCUT2D eigenvalue weighted by molar-refractivity contribution is -0.385. The zero-order valence-corrected chi connectivity index (χ0v) is 11.1. The SMILES string of the molecule is O=C(Nc1ccc(Br)c([N+](=O)[O-])c1)[C@@H]1CCCN1. The molecule has 0 saturated carbocycles. The Morgan fingerprint density at radius 1 is 1.56 bits per heavy atom. The lowest BCUT2D eigenvalue weighted by Crippen LogP contribution is -2.35. The molecule has 0 bridgehead atoms. The van der Waals surface area contributed by atoms with E-state index in [0.29, 0.717) is 10.2 Å². The van der Waals surface area contributed by atoms with Crippen LogP contribution in [0, 0.1) is 10.1 Å². The summed E-state index contributed by atoms with van der Waals surface area (Å²) in [5.74, 6) is -0.149. The van der Waals surface area contributed by atoms with Crippen LogP contribution >= 0.6 is 15.9 Å². The largest absolute Gasteiger partial charge is 0.324 e. The number of nitrogens with zero attached hydrogens (tertiary/aromatic N) is 1. The molecule has 2 rings (SSSR count). The van der Waals surface area contributed by atoms with Gasteiger partial charge < -0.3 is 10.6 Å². The molecule has 0 spiro atoms. The first kappa shape index (κ1) is 13.0. The second-order valence-electron chi connectivity index (χ2n) is 4.06. The van der Waals surface area contributed by atoms with Crippen LogP contribution in [0.15, 0.2) is 22.7 Å². The maximum Gasteiger partial charge on any atom is 0.285 e. The van der Waals surface area contributed by atoms with Gasteiger partial charge in [-0.1, -0.05) is 0 Å². The summed E-state index contributed by atoms with van der Waals surface area (Å²) in [5, 5.41) is 16.5. The van der Waals surface area contributed by atoms with Gasteiger partial charge in [-0.15, -0.1) is 0 Å². The molecule has 1 aromatic rings. The fourth-order valence-electron chi connectivity index (χ4n) is 1.87. The fourth-order valence-corrected chi connectivity index (χ4v) is 2.26. The van der Waals surface area contributed by atoms with Crippen LogP contribution in [0.5, 0.6) is 0 Å². The fraction of sp³-hybridized carbons (Fsp3) is 0.364. The minimum atomic E-state index is -0.493. The van der Waals surface area contributed by atoms with Gasteiger partial charge in [0.15, 0.2) is 0 Å². The van der Waals surface area contributed by atoms with Gasteiger partial charge in [-0.3, -0.25) is 14.9 Å². The van der Waals surface area contributed by atoms with Gasteiger partial charge in [-0.05, 0) is 47.4 Å². The van der Waals surface area contributed by atoms with Crippen molar-refractivity contribution in [1.29, 1.82) is 0 Å². The normalized spacial score (nSPS) is 18.6. The molecule has 2 N–H and O–H groups in total. The highest BCUT2D eigenvalue weighted by atomic mass is 79.9. The van der Waals surface area contributed by atoms with E-state index in [1.54, 1.807) is 12.1 Å². The van der Waals surface area contributed by atoms with E-state index in [2.05, 4.69) is 26.6 Å². The number of benzene rings is 1. The lowest BCUT2D eigenvalue weighted by Gasteiger charge is -2.11. The molecule has 7 heteroatoms. The number of hydrogen-bond donors (Lipinski definition) is 2. The Hall–Kier alpha value is -1.47. The van der Waals surface area contributed by atoms with Gasteiger partial charge >= 0.3 is 0 Å². The molecule has 1 aromatic carbocycles. The van der Waals surface area contributed by atoms with Crippen molar-refractivity contribution in [1.82, 2.24) is 5.32 Å². The molecule has 0 aliphatic carbocycles. The number of carbonyl (C=O) groups excluding carboxylic acids is 1. The van der Waals surface area contributed by atoms with Gasteiger partial charge in [0.25, 0.3) is 5.69 Å². The summed E-state index contributed by atoms with van der Waals surface area (Å²) in [6.07, 6.45) is 1.77. The van der Waals surface area contributed by atoms with Crippen LogP contribution in [0.2, 0.25) is 0 Å². The predicted octanol–water partition coefficient (Wildman–Crippen LogP) is 2.05. The smallest absolute Gasteiger partial charge is 0.285 e. The Morgan fingerprint density at radius 2 is 2.33 bits per heavy atom. The highest BCUT2D eigenvalue weighted by Crippen LogP contribution is 2.27. The summed E-state index contributed by atoms with van der Waals surface area (Å²) in [6.45, 7) is 0.832. The van der Waals surface area contributed by atoms with E-state index in [0.717, 1.165) is 19.4 Å². The number of nitro groups is 1. The minimum Gasteiger partial charge on any atom is -0.324 e. The van der Waals surface area contributed by atoms with Gasteiger partial charge in [0.1, 0.15) is 0 Å². The molecule has 0 unspecified atom stereocenters. The Labute approximate surface area is 112 Å². The number of hydrogen-bond acceptors (Lipinski definition) is 4. The third kappa shape index (κ3) is 2.85. The van der Waals surface area contributed by atoms with Crippen molar-refractivity contribution in [3.63, 3.8) is 0 Å². The van der Waals surface area contributed by atoms with E-state index in [1.165, 1.54) is 6.07 Å². The molecular weight excluding hydrogens is 302 g/mol. The molecule has 1 heterocycles. The molecular formula is C11H12BrN3O3. The van der Waals surface area contributed by atoms with Crippen molar-refractivity contribution in [3.05, 3.63) is 32.8 Å². The lowest BCUT2D eigenvalue weighted by atomic mass is 10.2. The number of nitro benzene ring substituents is 1. The zero-order valence-electron chi connectivity index (χ0n) is 9.48. The van der Waals surface area contributed by atoms with Crippen LogP contribution < -0.4 is 10.6 Å². The molecule has 96 valence electrons. The van der Waals surface area contributed by atoms with Crippen LogP contribution in [0.1, 0.15) is 12.8 Å². The topological polar surface area (TPSA) is 84.3 Å². The first-order chi connectivity index (χ1) is 8.58. The van der Waals surface area contributed by atoms with Crippen LogP contribution in [-0.4, -0.2) is 23.4 Å². The second kappa shape index (κ2) is 5.45. The average molecular weight is 314 g/mol. The second-order valence-corrected chi connectivity index (χ2v) is 4.92. The first-order valence-corrected chi connectivity index (χ1v) is 6.35. The highest BCUT2D eigenvalue weighted by Gasteiger charge is 2.22. The number of anilines is 1. The summed E-state index contributed by atoms with van der Waals surface area (Å²) in [4.78, 5) is 22.1. The minimum absolute atomic E-state index is 0.0628. The summed E-state index contributed by atoms with van der Waals surface area (Å²) in [7, 11) is 0. The van der Waals surface area contributed by atoms with Crippen LogP contribution in [-0.2, 0) is 4.79 Å². The molecule has 1 atom stereocenters. The quantitative estimate of drug-likeness (QED) is 0.660. The standard InChI is InChI=1S/C11H12BrN3O3/c12-8-4-3-7(6-10(8)15(17)18)14-11(16)9-2-1-5-13-9/h3-4,6,9,13H,1-2,5H2,(H,14,16)/t9-/m0/s1. The maximum atomic E-state index is 11.8. The summed E-state index contributed by atoms with van der Waals surface area (Å²) in [5.41, 5.74) is 0.371. The molecule has 18 heavy (non-hydrogen) atoms. The van der Waals surface area contributed by atoms with E-state index >= 15 is 0 Å². The van der Waals surface area contributed by atoms with Crippen LogP contribution in [0.3, 0.4) is 0 Å². The summed E-state index contributed by atoms with van der Waals surface area (Å²) in [6, 6.07) is 4.32. The van der Waals surface area contributed by atoms with Crippen molar-refractivity contribution in [2.45, 2.75) is 18.9 Å². The summed E-state index contributed by atoms with van der Waals surface area (Å²) < 4.78 is 0.393. The van der Waals surface area contributed by atoms with E-state index < -0.39 is 4.92 Å². The Kier molecular flexibility index (Phi) is 3.93. The van der Waals surface area contributed by atoms with E-state index in [1.807, 2.05) is 0 Å². The first-order valence-electron chi connectivity index (χ1n) is 5.56. The van der Waals surface area contributed by atoms with E-state index in [-0.39, 0.29) is 17.6 Å². The third-order valence-electron chi connectivity index (χ3n) is 2.79. The van der Waals surface area contributed by atoms with Crippen molar-refractivity contribution < 1.29 is 9.72 Å². The third-order valence-corrected chi connectivity index (χ3v) is 3.46. The van der Waals surface area contributed by atoms with Gasteiger partial charge in [0, 0.05) is 11.8 Å². The number of halogens is 1. The van der Waals surface area contributed by atoms with Gasteiger partial charge in [-0.25, -0.2) is 0 Å². The van der Waals surface area contributed by atoms with Crippen molar-refractivity contribution in [2.75, 3.05) is 11.9 Å². The van der Waals surface area contributed by atoms with Gasteiger partial charge in [-0.2, -0.15) is 0 Å². The Balaban J connectivity index is 2.11. The molecule has 1 aliphatic rings. The number of rotatable bonds is 3. The maximum absolute atomic E-state index is 11.8. The molecule has 1 amide bonds. The Morgan fingerprint density at radius 3 is 2.94 bits per heavy atom. The molecule has 1 fully saturated rings. The zero-order chi connectivity index (χ0) is 13.1. The molecule has 0 aromatic heterocycles. The van der Waals surface area contributed by atoms with Crippen molar-refractivity contribution >= 4 is 33.2 Å². The van der Waals surface area contributed by atoms with Crippen molar-refractivity contribution in [3.8, 4) is 0 Å². The Bertz CT molecular complexity index is 486. The highest BCUT2D eigenvalue weighted by molar-refractivity contribution is 9.10. The molecule has 0 radical (unpaired) electrons. The van der Waals surface area contributed by atoms with E-state index in [9.17, 15) is 14.9 Å². The predicted molar refractivity (Wildman–Crippen MR) is 70.5 cm³/mol. The van der Waals surface area contributed by atoms with Gasteiger partial charge in [0.05, 0.1) is 15.4 Å².